The molecule has 2 saturated carbocycles. The fourth-order valence-corrected chi connectivity index (χ4v) is 4.45. The van der Waals surface area contributed by atoms with E-state index < -0.39 is 29.6 Å². The molecule has 0 aliphatic heterocycles. The molecule has 2 amide bonds. The minimum Gasteiger partial charge on any atom is -0.480 e. The number of benzene rings is 2. The topological polar surface area (TPSA) is 105 Å². The fraction of sp³-hybridized carbons (Fsp3) is 0.375. The molecule has 7 nitrogen and oxygen atoms in total. The van der Waals surface area contributed by atoms with E-state index in [0.29, 0.717) is 12.8 Å². The molecule has 1 atom stereocenters. The van der Waals surface area contributed by atoms with Crippen LogP contribution in [0.5, 0.6) is 0 Å². The van der Waals surface area contributed by atoms with Gasteiger partial charge in [0.1, 0.15) is 18.2 Å². The summed E-state index contributed by atoms with van der Waals surface area (Å²) in [6.07, 6.45) is 1.88. The van der Waals surface area contributed by atoms with E-state index in [1.807, 2.05) is 36.4 Å². The van der Waals surface area contributed by atoms with E-state index >= 15 is 0 Å². The summed E-state index contributed by atoms with van der Waals surface area (Å²) < 4.78 is 5.53. The van der Waals surface area contributed by atoms with Crippen molar-refractivity contribution in [3.63, 3.8) is 0 Å². The van der Waals surface area contributed by atoms with Gasteiger partial charge in [-0.15, -0.1) is 0 Å². The molecule has 2 aromatic carbocycles. The standard InChI is InChI=1S/C24H24N2O5/c27-21(28)20(14-9-10-14)25-22(29)24(11-12-24)26-23(30)31-13-19-17-7-3-1-5-15(17)16-6-2-4-8-18(16)19/h1-8,14,19-20H,9-13H2,(H,25,29)(H,26,30)(H,27,28). The molecule has 160 valence electrons. The van der Waals surface area contributed by atoms with Crippen molar-refractivity contribution >= 4 is 18.0 Å². The smallest absolute Gasteiger partial charge is 0.408 e. The highest BCUT2D eigenvalue weighted by molar-refractivity contribution is 5.95. The zero-order valence-corrected chi connectivity index (χ0v) is 17.0. The number of fused-ring (bicyclic) bond motifs is 3. The van der Waals surface area contributed by atoms with Crippen molar-refractivity contribution in [1.29, 1.82) is 0 Å². The first-order valence-corrected chi connectivity index (χ1v) is 10.7. The second kappa shape index (κ2) is 7.41. The number of rotatable bonds is 7. The number of carboxylic acid groups (broad SMARTS) is 1. The first-order valence-electron chi connectivity index (χ1n) is 10.7. The number of hydrogen-bond acceptors (Lipinski definition) is 4. The summed E-state index contributed by atoms with van der Waals surface area (Å²) >= 11 is 0. The molecule has 0 radical (unpaired) electrons. The number of hydrogen-bond donors (Lipinski definition) is 3. The number of carbonyl (C=O) groups excluding carboxylic acids is 2. The quantitative estimate of drug-likeness (QED) is 0.639. The van der Waals surface area contributed by atoms with Crippen LogP contribution in [0.2, 0.25) is 0 Å². The van der Waals surface area contributed by atoms with E-state index in [2.05, 4.69) is 22.8 Å². The Balaban J connectivity index is 1.23. The Kier molecular flexibility index (Phi) is 4.68. The van der Waals surface area contributed by atoms with Crippen LogP contribution in [0.1, 0.15) is 42.7 Å². The molecule has 1 unspecified atom stereocenters. The monoisotopic (exact) mass is 420 g/mol. The summed E-state index contributed by atoms with van der Waals surface area (Å²) in [5, 5.41) is 14.6. The third kappa shape index (κ3) is 3.65. The van der Waals surface area contributed by atoms with E-state index in [-0.39, 0.29) is 18.4 Å². The van der Waals surface area contributed by atoms with Crippen LogP contribution >= 0.6 is 0 Å². The van der Waals surface area contributed by atoms with Crippen LogP contribution in [0.4, 0.5) is 4.79 Å². The zero-order valence-electron chi connectivity index (χ0n) is 17.0. The van der Waals surface area contributed by atoms with Gasteiger partial charge in [0, 0.05) is 5.92 Å². The molecule has 0 bridgehead atoms. The van der Waals surface area contributed by atoms with Gasteiger partial charge in [-0.25, -0.2) is 9.59 Å². The number of carbonyl (C=O) groups is 3. The van der Waals surface area contributed by atoms with Crippen LogP contribution in [0.15, 0.2) is 48.5 Å². The van der Waals surface area contributed by atoms with Crippen molar-refractivity contribution in [2.75, 3.05) is 6.61 Å². The van der Waals surface area contributed by atoms with Crippen LogP contribution in [-0.4, -0.2) is 41.3 Å². The number of aliphatic carboxylic acids is 1. The lowest BCUT2D eigenvalue weighted by molar-refractivity contribution is -0.142. The van der Waals surface area contributed by atoms with Gasteiger partial charge in [-0.1, -0.05) is 48.5 Å². The molecule has 5 rings (SSSR count). The maximum Gasteiger partial charge on any atom is 0.408 e. The summed E-state index contributed by atoms with van der Waals surface area (Å²) in [6, 6.07) is 15.3. The van der Waals surface area contributed by atoms with Gasteiger partial charge in [0.15, 0.2) is 0 Å². The van der Waals surface area contributed by atoms with E-state index in [0.717, 1.165) is 35.1 Å². The Morgan fingerprint density at radius 3 is 2.10 bits per heavy atom. The maximum absolute atomic E-state index is 12.7. The van der Waals surface area contributed by atoms with Crippen molar-refractivity contribution in [3.05, 3.63) is 59.7 Å². The van der Waals surface area contributed by atoms with Gasteiger partial charge >= 0.3 is 12.1 Å². The molecular weight excluding hydrogens is 396 g/mol. The van der Waals surface area contributed by atoms with Crippen LogP contribution < -0.4 is 10.6 Å². The first kappa shape index (κ1) is 19.6. The van der Waals surface area contributed by atoms with Crippen LogP contribution in [0.3, 0.4) is 0 Å². The van der Waals surface area contributed by atoms with E-state index in [1.165, 1.54) is 0 Å². The highest BCUT2D eigenvalue weighted by Gasteiger charge is 2.53. The molecule has 3 aliphatic carbocycles. The summed E-state index contributed by atoms with van der Waals surface area (Å²) in [5.74, 6) is -1.56. The predicted octanol–water partition coefficient (Wildman–Crippen LogP) is 3.04. The molecule has 0 heterocycles. The van der Waals surface area contributed by atoms with Crippen LogP contribution in [0.25, 0.3) is 11.1 Å². The van der Waals surface area contributed by atoms with E-state index in [4.69, 9.17) is 4.74 Å². The second-order valence-corrected chi connectivity index (χ2v) is 8.66. The van der Waals surface area contributed by atoms with Gasteiger partial charge in [0.2, 0.25) is 5.91 Å². The number of amides is 2. The highest BCUT2D eigenvalue weighted by atomic mass is 16.5. The largest absolute Gasteiger partial charge is 0.480 e. The molecule has 0 spiro atoms. The lowest BCUT2D eigenvalue weighted by Gasteiger charge is -2.21. The normalized spacial score (nSPS) is 19.0. The molecule has 0 saturated heterocycles. The third-order valence-electron chi connectivity index (χ3n) is 6.52. The Labute approximate surface area is 179 Å². The van der Waals surface area contributed by atoms with Crippen molar-refractivity contribution in [2.45, 2.75) is 43.2 Å². The molecule has 3 N–H and O–H groups in total. The van der Waals surface area contributed by atoms with Gasteiger partial charge in [-0.3, -0.25) is 4.79 Å². The Hall–Kier alpha value is -3.35. The second-order valence-electron chi connectivity index (χ2n) is 8.66. The van der Waals surface area contributed by atoms with Crippen molar-refractivity contribution in [3.8, 4) is 11.1 Å². The van der Waals surface area contributed by atoms with Gasteiger partial charge in [-0.2, -0.15) is 0 Å². The predicted molar refractivity (Wildman–Crippen MR) is 112 cm³/mol. The van der Waals surface area contributed by atoms with Crippen molar-refractivity contribution in [2.24, 2.45) is 5.92 Å². The summed E-state index contributed by atoms with van der Waals surface area (Å²) in [5.41, 5.74) is 3.45. The number of nitrogens with one attached hydrogen (secondary N) is 2. The molecule has 31 heavy (non-hydrogen) atoms. The van der Waals surface area contributed by atoms with Crippen molar-refractivity contribution in [1.82, 2.24) is 10.6 Å². The third-order valence-corrected chi connectivity index (χ3v) is 6.52. The number of alkyl carbamates (subject to hydrolysis) is 1. The average Bonchev–Trinajstić information content (AvgIpc) is 3.69. The maximum atomic E-state index is 12.7. The minimum absolute atomic E-state index is 0.0216. The van der Waals surface area contributed by atoms with Gasteiger partial charge < -0.3 is 20.5 Å². The molecule has 7 heteroatoms. The number of carboxylic acids is 1. The lowest BCUT2D eigenvalue weighted by atomic mass is 9.98. The Morgan fingerprint density at radius 2 is 1.58 bits per heavy atom. The number of ether oxygens (including phenoxy) is 1. The Morgan fingerprint density at radius 1 is 1.00 bits per heavy atom. The van der Waals surface area contributed by atoms with Crippen molar-refractivity contribution < 1.29 is 24.2 Å². The minimum atomic E-state index is -1.06. The average molecular weight is 420 g/mol. The summed E-state index contributed by atoms with van der Waals surface area (Å²) in [4.78, 5) is 36.6. The van der Waals surface area contributed by atoms with Crippen LogP contribution in [0, 0.1) is 5.92 Å². The summed E-state index contributed by atoms with van der Waals surface area (Å²) in [6.45, 7) is 0.164. The van der Waals surface area contributed by atoms with E-state index in [9.17, 15) is 19.5 Å². The summed E-state index contributed by atoms with van der Waals surface area (Å²) in [7, 11) is 0. The SMILES string of the molecule is O=C(NC1(C(=O)NC(C(=O)O)C2CC2)CC1)OCC1c2ccccc2-c2ccccc21. The van der Waals surface area contributed by atoms with E-state index in [1.54, 1.807) is 0 Å². The lowest BCUT2D eigenvalue weighted by Crippen LogP contribution is -2.54. The first-order chi connectivity index (χ1) is 15.0. The highest BCUT2D eigenvalue weighted by Crippen LogP contribution is 2.44. The Bertz CT molecular complexity index is 1010. The zero-order chi connectivity index (χ0) is 21.6. The van der Waals surface area contributed by atoms with Crippen LogP contribution in [-0.2, 0) is 14.3 Å². The molecule has 2 aromatic rings. The molecule has 2 fully saturated rings. The van der Waals surface area contributed by atoms with Gasteiger partial charge in [-0.05, 0) is 53.9 Å². The van der Waals surface area contributed by atoms with Gasteiger partial charge in [0.25, 0.3) is 0 Å². The van der Waals surface area contributed by atoms with Gasteiger partial charge in [0.05, 0.1) is 0 Å². The molecular formula is C24H24N2O5. The fourth-order valence-electron chi connectivity index (χ4n) is 4.45. The molecule has 0 aromatic heterocycles. The molecule has 3 aliphatic rings.